The van der Waals surface area contributed by atoms with Crippen LogP contribution in [0.1, 0.15) is 11.1 Å². The van der Waals surface area contributed by atoms with Crippen LogP contribution in [0.5, 0.6) is 0 Å². The fourth-order valence-electron chi connectivity index (χ4n) is 2.71. The molecule has 0 unspecified atom stereocenters. The van der Waals surface area contributed by atoms with Crippen LogP contribution in [0.3, 0.4) is 0 Å². The van der Waals surface area contributed by atoms with Gasteiger partial charge in [0.1, 0.15) is 5.41 Å². The second kappa shape index (κ2) is 3.80. The predicted molar refractivity (Wildman–Crippen MR) is 74.9 cm³/mol. The Morgan fingerprint density at radius 2 is 1.44 bits per heavy atom. The third-order valence-corrected chi connectivity index (χ3v) is 3.64. The molecule has 0 atom stereocenters. The molecule has 1 aliphatic carbocycles. The van der Waals surface area contributed by atoms with Crippen molar-refractivity contribution < 1.29 is 0 Å². The van der Waals surface area contributed by atoms with Gasteiger partial charge in [-0.25, -0.2) is 0 Å². The van der Waals surface area contributed by atoms with Crippen LogP contribution in [0.4, 0.5) is 0 Å². The molecule has 1 aliphatic rings. The van der Waals surface area contributed by atoms with E-state index in [2.05, 4.69) is 30.0 Å². The molecule has 0 bridgehead atoms. The van der Waals surface area contributed by atoms with Crippen LogP contribution < -0.4 is 0 Å². The second-order valence-corrected chi connectivity index (χ2v) is 4.57. The molecule has 2 aromatic rings. The summed E-state index contributed by atoms with van der Waals surface area (Å²) in [5.74, 6) is 5.66. The quantitative estimate of drug-likeness (QED) is 0.606. The van der Waals surface area contributed by atoms with Gasteiger partial charge in [-0.1, -0.05) is 60.4 Å². The number of hydrogen-bond acceptors (Lipinski definition) is 0. The summed E-state index contributed by atoms with van der Waals surface area (Å²) in [6, 6.07) is 16.5. The summed E-state index contributed by atoms with van der Waals surface area (Å²) < 4.78 is 0. The Hall–Kier alpha value is -2.44. The highest BCUT2D eigenvalue weighted by atomic mass is 14.3. The molecule has 18 heavy (non-hydrogen) atoms. The highest BCUT2D eigenvalue weighted by Gasteiger charge is 2.35. The van der Waals surface area contributed by atoms with E-state index >= 15 is 0 Å². The van der Waals surface area contributed by atoms with E-state index in [4.69, 9.17) is 12.8 Å². The lowest BCUT2D eigenvalue weighted by atomic mass is 9.69. The number of hydrogen-bond donors (Lipinski definition) is 0. The molecule has 0 heterocycles. The first-order valence-electron chi connectivity index (χ1n) is 5.94. The Balaban J connectivity index is 2.38. The number of terminal acetylenes is 2. The maximum atomic E-state index is 5.73. The van der Waals surface area contributed by atoms with Crippen molar-refractivity contribution in [3.05, 3.63) is 59.7 Å². The first-order valence-corrected chi connectivity index (χ1v) is 5.94. The number of benzene rings is 2. The first kappa shape index (κ1) is 10.7. The summed E-state index contributed by atoms with van der Waals surface area (Å²) in [5.41, 5.74) is 4.11. The molecule has 0 aromatic heterocycles. The Bertz CT molecular complexity index is 678. The lowest BCUT2D eigenvalue weighted by Crippen LogP contribution is -2.29. The van der Waals surface area contributed by atoms with E-state index in [0.29, 0.717) is 6.42 Å². The molecule has 0 saturated carbocycles. The van der Waals surface area contributed by atoms with E-state index in [1.807, 2.05) is 30.3 Å². The molecule has 0 amide bonds. The minimum atomic E-state index is -0.606. The van der Waals surface area contributed by atoms with Crippen molar-refractivity contribution in [2.24, 2.45) is 0 Å². The van der Waals surface area contributed by atoms with Crippen molar-refractivity contribution in [1.29, 1.82) is 0 Å². The summed E-state index contributed by atoms with van der Waals surface area (Å²) in [7, 11) is 0. The van der Waals surface area contributed by atoms with Gasteiger partial charge in [0.15, 0.2) is 0 Å². The average molecular weight is 228 g/mol. The van der Waals surface area contributed by atoms with Gasteiger partial charge in [-0.2, -0.15) is 0 Å². The van der Waals surface area contributed by atoms with Gasteiger partial charge in [-0.05, 0) is 22.3 Å². The Morgan fingerprint density at radius 1 is 0.833 bits per heavy atom. The van der Waals surface area contributed by atoms with Crippen LogP contribution >= 0.6 is 0 Å². The smallest absolute Gasteiger partial charge is 0.118 e. The van der Waals surface area contributed by atoms with Gasteiger partial charge in [0.2, 0.25) is 0 Å². The largest absolute Gasteiger partial charge is 0.121 e. The molecule has 0 N–H and O–H groups in total. The minimum absolute atomic E-state index is 0.606. The second-order valence-electron chi connectivity index (χ2n) is 4.57. The molecule has 84 valence electrons. The van der Waals surface area contributed by atoms with Crippen molar-refractivity contribution in [2.45, 2.75) is 11.8 Å². The molecule has 2 aromatic carbocycles. The van der Waals surface area contributed by atoms with Gasteiger partial charge in [0.25, 0.3) is 0 Å². The van der Waals surface area contributed by atoms with Gasteiger partial charge in [0.05, 0.1) is 0 Å². The Kier molecular flexibility index (Phi) is 2.26. The van der Waals surface area contributed by atoms with Gasteiger partial charge < -0.3 is 0 Å². The molecule has 0 saturated heterocycles. The van der Waals surface area contributed by atoms with E-state index in [9.17, 15) is 0 Å². The van der Waals surface area contributed by atoms with Gasteiger partial charge in [0, 0.05) is 6.42 Å². The van der Waals surface area contributed by atoms with Crippen LogP contribution in [-0.4, -0.2) is 0 Å². The highest BCUT2D eigenvalue weighted by Crippen LogP contribution is 2.42. The van der Waals surface area contributed by atoms with Crippen molar-refractivity contribution in [1.82, 2.24) is 0 Å². The molecular weight excluding hydrogens is 216 g/mol. The predicted octanol–water partition coefficient (Wildman–Crippen LogP) is 3.41. The lowest BCUT2D eigenvalue weighted by Gasteiger charge is -2.32. The zero-order valence-electron chi connectivity index (χ0n) is 9.98. The summed E-state index contributed by atoms with van der Waals surface area (Å²) in [6.45, 7) is 0. The van der Waals surface area contributed by atoms with Crippen molar-refractivity contribution in [3.63, 3.8) is 0 Å². The van der Waals surface area contributed by atoms with E-state index < -0.39 is 5.41 Å². The van der Waals surface area contributed by atoms with Crippen molar-refractivity contribution in [2.75, 3.05) is 0 Å². The number of fused-ring (bicyclic) bond motifs is 3. The molecule has 0 aliphatic heterocycles. The molecule has 3 rings (SSSR count). The summed E-state index contributed by atoms with van der Waals surface area (Å²) >= 11 is 0. The van der Waals surface area contributed by atoms with E-state index in [1.165, 1.54) is 11.1 Å². The zero-order chi connectivity index (χ0) is 12.6. The van der Waals surface area contributed by atoms with Crippen LogP contribution in [0.2, 0.25) is 0 Å². The topological polar surface area (TPSA) is 0 Å². The van der Waals surface area contributed by atoms with Gasteiger partial charge in [-0.3, -0.25) is 0 Å². The maximum Gasteiger partial charge on any atom is 0.121 e. The van der Waals surface area contributed by atoms with Crippen LogP contribution in [0.15, 0.2) is 48.5 Å². The summed E-state index contributed by atoms with van der Waals surface area (Å²) in [6.07, 6.45) is 12.2. The summed E-state index contributed by atoms with van der Waals surface area (Å²) in [5, 5.41) is 0. The lowest BCUT2D eigenvalue weighted by molar-refractivity contribution is 0.708. The van der Waals surface area contributed by atoms with Crippen LogP contribution in [0, 0.1) is 24.7 Å². The average Bonchev–Trinajstić information content (AvgIpc) is 2.46. The third-order valence-electron chi connectivity index (χ3n) is 3.64. The standard InChI is InChI=1S/C18H12/c1-3-18(4-2)13-14-9-5-6-10-15(14)16-11-7-8-12-17(16)18/h1-2,5-12H,13H2. The molecule has 0 fully saturated rings. The van der Waals surface area contributed by atoms with E-state index in [1.54, 1.807) is 0 Å². The highest BCUT2D eigenvalue weighted by molar-refractivity contribution is 5.77. The fourth-order valence-corrected chi connectivity index (χ4v) is 2.71. The maximum absolute atomic E-state index is 5.73. The zero-order valence-corrected chi connectivity index (χ0v) is 9.98. The molecular formula is C18H12. The van der Waals surface area contributed by atoms with Crippen molar-refractivity contribution >= 4 is 0 Å². The number of rotatable bonds is 0. The van der Waals surface area contributed by atoms with Crippen LogP contribution in [0.25, 0.3) is 11.1 Å². The minimum Gasteiger partial charge on any atom is -0.118 e. The van der Waals surface area contributed by atoms with E-state index in [0.717, 1.165) is 11.1 Å². The fraction of sp³-hybridized carbons (Fsp3) is 0.111. The molecule has 0 nitrogen and oxygen atoms in total. The molecule has 0 spiro atoms. The summed E-state index contributed by atoms with van der Waals surface area (Å²) in [4.78, 5) is 0. The first-order chi connectivity index (χ1) is 8.80. The van der Waals surface area contributed by atoms with E-state index in [-0.39, 0.29) is 0 Å². The monoisotopic (exact) mass is 228 g/mol. The van der Waals surface area contributed by atoms with Crippen LogP contribution in [-0.2, 0) is 11.8 Å². The molecule has 0 radical (unpaired) electrons. The third kappa shape index (κ3) is 1.30. The normalized spacial score (nSPS) is 14.8. The van der Waals surface area contributed by atoms with Crippen molar-refractivity contribution in [3.8, 4) is 35.8 Å². The Morgan fingerprint density at radius 3 is 2.17 bits per heavy atom. The SMILES string of the molecule is C#CC1(C#C)Cc2ccccc2-c2ccccc21. The van der Waals surface area contributed by atoms with Gasteiger partial charge in [-0.15, -0.1) is 12.8 Å². The Labute approximate surface area is 108 Å². The molecule has 0 heteroatoms. The van der Waals surface area contributed by atoms with Gasteiger partial charge >= 0.3 is 0 Å².